The van der Waals surface area contributed by atoms with Crippen LogP contribution >= 0.6 is 7.82 Å². The SMILES string of the molecule is CCOC(=O)c1c(C(OP(=O)(OC(C)C)OC(C)C)c2ccc([N+](=O)[O-])cc2)c2ccccc2c2ccccc12. The number of carbonyl (C=O) groups excluding carboxylic acids is 1. The maximum atomic E-state index is 14.1. The zero-order valence-corrected chi connectivity index (χ0v) is 23.9. The highest BCUT2D eigenvalue weighted by Gasteiger charge is 2.38. The van der Waals surface area contributed by atoms with Crippen LogP contribution in [0.3, 0.4) is 0 Å². The molecule has 0 N–H and O–H groups in total. The van der Waals surface area contributed by atoms with Gasteiger partial charge in [0.2, 0.25) is 0 Å². The monoisotopic (exact) mass is 565 g/mol. The third-order valence-corrected chi connectivity index (χ3v) is 7.86. The van der Waals surface area contributed by atoms with E-state index in [9.17, 15) is 19.5 Å². The zero-order chi connectivity index (χ0) is 29.0. The number of fused-ring (bicyclic) bond motifs is 3. The van der Waals surface area contributed by atoms with Crippen LogP contribution in [0.25, 0.3) is 21.5 Å². The standard InChI is InChI=1S/C30H32NO8P/c1-6-36-30(32)28-26-14-10-8-12-24(26)23-11-7-9-13-25(23)27(28)29(21-15-17-22(18-16-21)31(33)34)39-40(35,37-19(2)3)38-20(4)5/h7-20,29H,6H2,1-5H3. The molecule has 40 heavy (non-hydrogen) atoms. The summed E-state index contributed by atoms with van der Waals surface area (Å²) >= 11 is 0. The first-order valence-corrected chi connectivity index (χ1v) is 14.5. The lowest BCUT2D eigenvalue weighted by Gasteiger charge is -2.29. The van der Waals surface area contributed by atoms with Gasteiger partial charge in [-0.1, -0.05) is 48.5 Å². The average Bonchev–Trinajstić information content (AvgIpc) is 2.90. The molecule has 0 heterocycles. The Morgan fingerprint density at radius 2 is 1.30 bits per heavy atom. The van der Waals surface area contributed by atoms with Gasteiger partial charge in [-0.05, 0) is 73.9 Å². The van der Waals surface area contributed by atoms with Gasteiger partial charge in [0, 0.05) is 17.7 Å². The van der Waals surface area contributed by atoms with Gasteiger partial charge in [0.15, 0.2) is 0 Å². The molecule has 1 unspecified atom stereocenters. The van der Waals surface area contributed by atoms with Crippen LogP contribution in [0.4, 0.5) is 5.69 Å². The van der Waals surface area contributed by atoms with Crippen molar-refractivity contribution >= 4 is 41.0 Å². The van der Waals surface area contributed by atoms with E-state index in [0.717, 1.165) is 10.8 Å². The highest BCUT2D eigenvalue weighted by Crippen LogP contribution is 2.57. The average molecular weight is 566 g/mol. The molecule has 0 aliphatic carbocycles. The maximum Gasteiger partial charge on any atom is 0.476 e. The van der Waals surface area contributed by atoms with Gasteiger partial charge >= 0.3 is 13.8 Å². The van der Waals surface area contributed by atoms with Crippen molar-refractivity contribution in [1.82, 2.24) is 0 Å². The molecule has 0 aliphatic rings. The number of carbonyl (C=O) groups is 1. The summed E-state index contributed by atoms with van der Waals surface area (Å²) in [5.74, 6) is -0.584. The Kier molecular flexibility index (Phi) is 9.01. The van der Waals surface area contributed by atoms with Crippen molar-refractivity contribution in [2.75, 3.05) is 6.61 Å². The molecule has 0 saturated heterocycles. The summed E-state index contributed by atoms with van der Waals surface area (Å²) in [6.45, 7) is 8.67. The molecular weight excluding hydrogens is 533 g/mol. The molecule has 0 bridgehead atoms. The van der Waals surface area contributed by atoms with Gasteiger partial charge in [-0.25, -0.2) is 9.36 Å². The van der Waals surface area contributed by atoms with Crippen molar-refractivity contribution in [3.05, 3.63) is 99.6 Å². The van der Waals surface area contributed by atoms with Crippen LogP contribution in [0.15, 0.2) is 72.8 Å². The van der Waals surface area contributed by atoms with E-state index in [1.165, 1.54) is 24.3 Å². The second-order valence-corrected chi connectivity index (χ2v) is 11.2. The number of rotatable bonds is 11. The van der Waals surface area contributed by atoms with Crippen LogP contribution < -0.4 is 0 Å². The number of nitrogens with zero attached hydrogens (tertiary/aromatic N) is 1. The second-order valence-electron chi connectivity index (χ2n) is 9.69. The summed E-state index contributed by atoms with van der Waals surface area (Å²) in [7, 11) is -4.24. The molecule has 4 aromatic rings. The number of nitro groups is 1. The molecule has 0 radical (unpaired) electrons. The number of phosphoric ester groups is 1. The van der Waals surface area contributed by atoms with E-state index in [2.05, 4.69) is 0 Å². The quantitative estimate of drug-likeness (QED) is 0.0588. The fraction of sp³-hybridized carbons (Fsp3) is 0.300. The van der Waals surface area contributed by atoms with Crippen LogP contribution in [0.5, 0.6) is 0 Å². The summed E-state index contributed by atoms with van der Waals surface area (Å²) in [5, 5.41) is 14.3. The highest BCUT2D eigenvalue weighted by molar-refractivity contribution is 7.48. The Hall–Kier alpha value is -3.62. The van der Waals surface area contributed by atoms with Crippen molar-refractivity contribution < 1.29 is 32.6 Å². The number of nitro benzene ring substituents is 1. The van der Waals surface area contributed by atoms with E-state index in [0.29, 0.717) is 21.9 Å². The molecule has 9 nitrogen and oxygen atoms in total. The Labute approximate surface area is 232 Å². The molecule has 4 aromatic carbocycles. The van der Waals surface area contributed by atoms with Crippen molar-refractivity contribution in [3.63, 3.8) is 0 Å². The Morgan fingerprint density at radius 3 is 1.80 bits per heavy atom. The second kappa shape index (κ2) is 12.3. The van der Waals surface area contributed by atoms with Gasteiger partial charge in [-0.3, -0.25) is 23.7 Å². The summed E-state index contributed by atoms with van der Waals surface area (Å²) in [6.07, 6.45) is -2.21. The Bertz CT molecular complexity index is 1570. The van der Waals surface area contributed by atoms with Gasteiger partial charge in [0.05, 0.1) is 29.3 Å². The Balaban J connectivity index is 2.10. The predicted octanol–water partition coefficient (Wildman–Crippen LogP) is 8.14. The molecule has 0 aromatic heterocycles. The normalized spacial score (nSPS) is 12.8. The van der Waals surface area contributed by atoms with E-state index < -0.39 is 37.0 Å². The molecular formula is C30H32NO8P. The number of phosphoric acid groups is 1. The van der Waals surface area contributed by atoms with Crippen LogP contribution in [0.1, 0.15) is 62.2 Å². The smallest absolute Gasteiger partial charge is 0.462 e. The molecule has 10 heteroatoms. The van der Waals surface area contributed by atoms with E-state index in [4.69, 9.17) is 18.3 Å². The summed E-state index contributed by atoms with van der Waals surface area (Å²) in [5.41, 5.74) is 0.912. The molecule has 1 atom stereocenters. The highest BCUT2D eigenvalue weighted by atomic mass is 31.2. The zero-order valence-electron chi connectivity index (χ0n) is 23.0. The van der Waals surface area contributed by atoms with Crippen LogP contribution in [0.2, 0.25) is 0 Å². The van der Waals surface area contributed by atoms with Gasteiger partial charge in [-0.15, -0.1) is 0 Å². The predicted molar refractivity (Wildman–Crippen MR) is 153 cm³/mol. The lowest BCUT2D eigenvalue weighted by molar-refractivity contribution is -0.384. The van der Waals surface area contributed by atoms with Crippen LogP contribution in [-0.4, -0.2) is 29.7 Å². The minimum absolute atomic E-state index is 0.128. The third kappa shape index (κ3) is 6.24. The third-order valence-electron chi connectivity index (χ3n) is 6.04. The molecule has 210 valence electrons. The van der Waals surface area contributed by atoms with E-state index in [1.807, 2.05) is 48.5 Å². The lowest BCUT2D eigenvalue weighted by Crippen LogP contribution is -2.18. The molecule has 0 aliphatic heterocycles. The fourth-order valence-electron chi connectivity index (χ4n) is 4.64. The van der Waals surface area contributed by atoms with E-state index >= 15 is 0 Å². The maximum absolute atomic E-state index is 14.1. The minimum Gasteiger partial charge on any atom is -0.462 e. The van der Waals surface area contributed by atoms with Gasteiger partial charge in [0.1, 0.15) is 6.10 Å². The molecule has 0 amide bonds. The van der Waals surface area contributed by atoms with E-state index in [1.54, 1.807) is 34.6 Å². The number of hydrogen-bond donors (Lipinski definition) is 0. The summed E-state index contributed by atoms with van der Waals surface area (Å²) < 4.78 is 37.3. The van der Waals surface area contributed by atoms with Gasteiger partial charge < -0.3 is 4.74 Å². The van der Waals surface area contributed by atoms with Gasteiger partial charge in [-0.2, -0.15) is 0 Å². The van der Waals surface area contributed by atoms with Crippen molar-refractivity contribution in [1.29, 1.82) is 0 Å². The number of benzene rings is 4. The molecule has 0 spiro atoms. The van der Waals surface area contributed by atoms with E-state index in [-0.39, 0.29) is 17.9 Å². The first-order valence-electron chi connectivity index (χ1n) is 13.0. The summed E-state index contributed by atoms with van der Waals surface area (Å²) in [6, 6.07) is 20.6. The number of esters is 1. The number of hydrogen-bond acceptors (Lipinski definition) is 8. The van der Waals surface area contributed by atoms with Crippen LogP contribution in [0, 0.1) is 10.1 Å². The lowest BCUT2D eigenvalue weighted by atomic mass is 9.87. The van der Waals surface area contributed by atoms with Gasteiger partial charge in [0.25, 0.3) is 5.69 Å². The first kappa shape index (κ1) is 29.4. The largest absolute Gasteiger partial charge is 0.476 e. The van der Waals surface area contributed by atoms with Crippen molar-refractivity contribution in [3.8, 4) is 0 Å². The minimum atomic E-state index is -4.24. The number of ether oxygens (including phenoxy) is 1. The Morgan fingerprint density at radius 1 is 0.800 bits per heavy atom. The van der Waals surface area contributed by atoms with Crippen molar-refractivity contribution in [2.24, 2.45) is 0 Å². The molecule has 0 fully saturated rings. The summed E-state index contributed by atoms with van der Waals surface area (Å²) in [4.78, 5) is 24.5. The topological polar surface area (TPSA) is 114 Å². The molecule has 0 saturated carbocycles. The fourth-order valence-corrected chi connectivity index (χ4v) is 6.30. The first-order chi connectivity index (χ1) is 19.0. The van der Waals surface area contributed by atoms with Crippen molar-refractivity contribution in [2.45, 2.75) is 52.9 Å². The molecule has 4 rings (SSSR count). The number of non-ortho nitro benzene ring substituents is 1. The van der Waals surface area contributed by atoms with Crippen LogP contribution in [-0.2, 0) is 22.9 Å².